The normalized spacial score (nSPS) is 18.9. The van der Waals surface area contributed by atoms with Crippen LogP contribution in [0.5, 0.6) is 5.75 Å². The second kappa shape index (κ2) is 10.0. The molecule has 0 fully saturated rings. The summed E-state index contributed by atoms with van der Waals surface area (Å²) in [6, 6.07) is 6.55. The fraction of sp³-hybridized carbons (Fsp3) is 0.250. The fourth-order valence-electron chi connectivity index (χ4n) is 4.09. The summed E-state index contributed by atoms with van der Waals surface area (Å²) < 4.78 is 25.8. The number of benzene rings is 1. The Balaban J connectivity index is 1.70. The molecular weight excluding hydrogens is 552 g/mol. The molecule has 178 valence electrons. The van der Waals surface area contributed by atoms with Gasteiger partial charge in [-0.05, 0) is 0 Å². The zero-order valence-corrected chi connectivity index (χ0v) is 20.6. The summed E-state index contributed by atoms with van der Waals surface area (Å²) in [5.74, 6) is -0.599. The molecule has 2 aromatic heterocycles. The Morgan fingerprint density at radius 1 is 1.26 bits per heavy atom. The molecule has 0 aliphatic carbocycles. The predicted molar refractivity (Wildman–Crippen MR) is 124 cm³/mol. The zero-order valence-electron chi connectivity index (χ0n) is 18.5. The van der Waals surface area contributed by atoms with E-state index < -0.39 is 27.4 Å². The second-order valence-electron chi connectivity index (χ2n) is 7.76. The summed E-state index contributed by atoms with van der Waals surface area (Å²) in [6.45, 7) is 1.77. The van der Waals surface area contributed by atoms with Crippen molar-refractivity contribution < 1.29 is 38.6 Å². The van der Waals surface area contributed by atoms with Crippen LogP contribution >= 0.6 is 0 Å². The summed E-state index contributed by atoms with van der Waals surface area (Å²) in [4.78, 5) is 20.9. The van der Waals surface area contributed by atoms with Crippen molar-refractivity contribution >= 4 is 23.0 Å². The summed E-state index contributed by atoms with van der Waals surface area (Å²) in [5, 5.41) is 9.73. The van der Waals surface area contributed by atoms with Crippen molar-refractivity contribution in [3.63, 3.8) is 0 Å². The molecule has 0 saturated heterocycles. The number of nitrogens with zero attached hydrogens (tertiary/aromatic N) is 1. The van der Waals surface area contributed by atoms with Crippen LogP contribution in [0.1, 0.15) is 26.4 Å². The maximum absolute atomic E-state index is 14.4. The van der Waals surface area contributed by atoms with Crippen LogP contribution in [0.25, 0.3) is 11.3 Å². The zero-order chi connectivity index (χ0) is 23.5. The first kappa shape index (κ1) is 22.7. The average molecular weight is 576 g/mol. The minimum atomic E-state index is -0.695. The van der Waals surface area contributed by atoms with Gasteiger partial charge in [0.05, 0.1) is 0 Å². The molecule has 0 unspecified atom stereocenters. The van der Waals surface area contributed by atoms with E-state index in [4.69, 9.17) is 7.80 Å². The number of pyridine rings is 1. The SMILES string of the molecule is COc1c(F)cccc1Nc1c2[nH]c3c1C(=O)NC[C@H]3[I-]OC/C=C\CCNc1cnccc1-2. The third-order valence-electron chi connectivity index (χ3n) is 5.66. The van der Waals surface area contributed by atoms with Crippen molar-refractivity contribution in [1.82, 2.24) is 15.3 Å². The number of para-hydroxylation sites is 1. The number of fused-ring (bicyclic) bond motifs is 3. The molecule has 4 heterocycles. The molecule has 1 atom stereocenters. The number of hydrogen-bond donors (Lipinski definition) is 4. The van der Waals surface area contributed by atoms with Crippen LogP contribution in [-0.2, 0) is 3.07 Å². The number of aromatic amines is 1. The summed E-state index contributed by atoms with van der Waals surface area (Å²) >= 11 is -0.695. The number of ether oxygens (including phenoxy) is 1. The fourth-order valence-corrected chi connectivity index (χ4v) is 6.06. The minimum absolute atomic E-state index is 0.0461. The Kier molecular flexibility index (Phi) is 6.68. The topological polar surface area (TPSA) is 100 Å². The van der Waals surface area contributed by atoms with Gasteiger partial charge in [-0.15, -0.1) is 0 Å². The number of nitrogens with one attached hydrogen (secondary N) is 4. The molecule has 4 N–H and O–H groups in total. The van der Waals surface area contributed by atoms with Gasteiger partial charge in [-0.2, -0.15) is 0 Å². The number of halogens is 2. The van der Waals surface area contributed by atoms with Gasteiger partial charge < -0.3 is 0 Å². The van der Waals surface area contributed by atoms with Crippen molar-refractivity contribution in [2.24, 2.45) is 0 Å². The summed E-state index contributed by atoms with van der Waals surface area (Å²) in [5.41, 5.74) is 4.74. The van der Waals surface area contributed by atoms with Crippen LogP contribution < -0.4 is 42.3 Å². The molecule has 0 spiro atoms. The van der Waals surface area contributed by atoms with Gasteiger partial charge in [0.1, 0.15) is 0 Å². The first-order valence-corrected chi connectivity index (χ1v) is 13.0. The first-order chi connectivity index (χ1) is 16.7. The second-order valence-corrected chi connectivity index (χ2v) is 10.4. The molecule has 1 aromatic carbocycles. The van der Waals surface area contributed by atoms with Crippen LogP contribution in [-0.4, -0.2) is 42.7 Å². The van der Waals surface area contributed by atoms with Crippen molar-refractivity contribution in [2.75, 3.05) is 37.4 Å². The van der Waals surface area contributed by atoms with Crippen LogP contribution in [0.2, 0.25) is 0 Å². The van der Waals surface area contributed by atoms with Crippen LogP contribution in [0, 0.1) is 5.82 Å². The monoisotopic (exact) mass is 576 g/mol. The van der Waals surface area contributed by atoms with E-state index in [1.165, 1.54) is 13.2 Å². The van der Waals surface area contributed by atoms with E-state index in [-0.39, 0.29) is 15.6 Å². The molecule has 5 rings (SSSR count). The molecular formula is C24H24FIN5O3-. The number of anilines is 3. The number of H-pyrrole nitrogens is 1. The number of amides is 1. The van der Waals surface area contributed by atoms with E-state index in [0.717, 1.165) is 29.1 Å². The van der Waals surface area contributed by atoms with Gasteiger partial charge >= 0.3 is 208 Å². The Labute approximate surface area is 207 Å². The van der Waals surface area contributed by atoms with E-state index in [1.54, 1.807) is 24.5 Å². The number of aromatic nitrogens is 2. The van der Waals surface area contributed by atoms with Crippen molar-refractivity contribution in [3.05, 3.63) is 65.9 Å². The Bertz CT molecular complexity index is 1250. The van der Waals surface area contributed by atoms with E-state index in [0.29, 0.717) is 36.6 Å². The van der Waals surface area contributed by atoms with Gasteiger partial charge in [0.2, 0.25) is 0 Å². The summed E-state index contributed by atoms with van der Waals surface area (Å²) in [7, 11) is 1.42. The number of hydrogen-bond acceptors (Lipinski definition) is 6. The number of alkyl halides is 1. The molecule has 2 bridgehead atoms. The Hall–Kier alpha value is -3.12. The third kappa shape index (κ3) is 4.34. The van der Waals surface area contributed by atoms with Gasteiger partial charge in [0.15, 0.2) is 0 Å². The molecule has 10 heteroatoms. The van der Waals surface area contributed by atoms with Crippen molar-refractivity contribution in [1.29, 1.82) is 0 Å². The average Bonchev–Trinajstić information content (AvgIpc) is 3.22. The number of carbonyl (C=O) groups is 1. The van der Waals surface area contributed by atoms with Crippen LogP contribution in [0.15, 0.2) is 48.8 Å². The molecule has 2 aliphatic heterocycles. The van der Waals surface area contributed by atoms with Gasteiger partial charge in [-0.1, -0.05) is 0 Å². The maximum atomic E-state index is 14.4. The van der Waals surface area contributed by atoms with E-state index in [2.05, 4.69) is 32.0 Å². The molecule has 8 nitrogen and oxygen atoms in total. The van der Waals surface area contributed by atoms with Crippen LogP contribution in [0.3, 0.4) is 0 Å². The standard InChI is InChI=1S/C24H24FIN5O3/c1-33-23-15(25)6-5-7-17(23)30-22-19-21-16(12-29-24(19)32)26-34-11-4-2-3-9-28-18-13-27-10-8-14(18)20(22)31-21/h2,4-8,10,13,16,28,30-31H,3,9,11-12H2,1H3,(H,29,32)/q-1/b4-2-/t16-/m1/s1. The number of carbonyl (C=O) groups excluding carboxylic acids is 1. The van der Waals surface area contributed by atoms with E-state index in [9.17, 15) is 9.18 Å². The van der Waals surface area contributed by atoms with E-state index >= 15 is 0 Å². The molecule has 0 saturated carbocycles. The first-order valence-electron chi connectivity index (χ1n) is 10.9. The predicted octanol–water partition coefficient (Wildman–Crippen LogP) is 1.14. The Morgan fingerprint density at radius 2 is 2.18 bits per heavy atom. The molecule has 2 aliphatic rings. The molecule has 1 amide bonds. The Morgan fingerprint density at radius 3 is 3.06 bits per heavy atom. The summed E-state index contributed by atoms with van der Waals surface area (Å²) in [6.07, 6.45) is 8.45. The molecule has 3 aromatic rings. The van der Waals surface area contributed by atoms with Gasteiger partial charge in [-0.3, -0.25) is 0 Å². The number of methoxy groups -OCH3 is 1. The number of rotatable bonds is 3. The molecule has 0 radical (unpaired) electrons. The van der Waals surface area contributed by atoms with E-state index in [1.807, 2.05) is 12.1 Å². The van der Waals surface area contributed by atoms with Gasteiger partial charge in [0, 0.05) is 0 Å². The van der Waals surface area contributed by atoms with Crippen molar-refractivity contribution in [3.8, 4) is 17.0 Å². The third-order valence-corrected chi connectivity index (χ3v) is 8.05. The van der Waals surface area contributed by atoms with Gasteiger partial charge in [0.25, 0.3) is 0 Å². The molecule has 34 heavy (non-hydrogen) atoms. The van der Waals surface area contributed by atoms with Gasteiger partial charge in [-0.25, -0.2) is 0 Å². The quantitative estimate of drug-likeness (QED) is 0.212. The van der Waals surface area contributed by atoms with Crippen LogP contribution in [0.4, 0.5) is 21.5 Å². The van der Waals surface area contributed by atoms with Crippen molar-refractivity contribution in [2.45, 2.75) is 10.3 Å².